The van der Waals surface area contributed by atoms with Crippen molar-refractivity contribution in [1.29, 1.82) is 0 Å². The van der Waals surface area contributed by atoms with Gasteiger partial charge in [-0.05, 0) is 33.4 Å². The van der Waals surface area contributed by atoms with Crippen LogP contribution in [0.5, 0.6) is 5.75 Å². The highest BCUT2D eigenvalue weighted by Crippen LogP contribution is 2.21. The van der Waals surface area contributed by atoms with Gasteiger partial charge in [-0.2, -0.15) is 0 Å². The molecule has 0 aromatic carbocycles. The minimum absolute atomic E-state index is 0.296. The van der Waals surface area contributed by atoms with E-state index in [1.165, 1.54) is 11.3 Å². The highest BCUT2D eigenvalue weighted by Gasteiger charge is 2.12. The van der Waals surface area contributed by atoms with Gasteiger partial charge in [0, 0.05) is 16.2 Å². The highest BCUT2D eigenvalue weighted by molar-refractivity contribution is 9.10. The van der Waals surface area contributed by atoms with E-state index >= 15 is 0 Å². The third-order valence-electron chi connectivity index (χ3n) is 2.16. The normalized spacial score (nSPS) is 10.1. The van der Waals surface area contributed by atoms with Crippen LogP contribution in [0.15, 0.2) is 34.4 Å². The summed E-state index contributed by atoms with van der Waals surface area (Å²) in [6, 6.07) is 3.64. The van der Waals surface area contributed by atoms with Gasteiger partial charge in [-0.1, -0.05) is 0 Å². The maximum atomic E-state index is 11.5. The Bertz CT molecular complexity index is 559. The zero-order chi connectivity index (χ0) is 13.0. The van der Waals surface area contributed by atoms with Crippen molar-refractivity contribution in [2.24, 2.45) is 5.84 Å². The molecule has 2 aromatic heterocycles. The molecule has 0 saturated heterocycles. The summed E-state index contributed by atoms with van der Waals surface area (Å²) < 4.78 is 6.40. The third-order valence-corrected chi connectivity index (χ3v) is 3.55. The molecule has 0 unspecified atom stereocenters. The SMILES string of the molecule is NNC(=O)c1sccc1COc1cncc(Br)c1. The summed E-state index contributed by atoms with van der Waals surface area (Å²) in [5, 5.41) is 1.82. The lowest BCUT2D eigenvalue weighted by Crippen LogP contribution is -2.30. The number of hydrogen-bond donors (Lipinski definition) is 2. The lowest BCUT2D eigenvalue weighted by atomic mass is 10.2. The summed E-state index contributed by atoms with van der Waals surface area (Å²) in [5.41, 5.74) is 2.91. The quantitative estimate of drug-likeness (QED) is 0.512. The van der Waals surface area contributed by atoms with Gasteiger partial charge in [0.2, 0.25) is 0 Å². The minimum Gasteiger partial charge on any atom is -0.487 e. The minimum atomic E-state index is -0.309. The summed E-state index contributed by atoms with van der Waals surface area (Å²) in [7, 11) is 0. The fraction of sp³-hybridized carbons (Fsp3) is 0.0909. The smallest absolute Gasteiger partial charge is 0.275 e. The molecule has 0 aliphatic heterocycles. The van der Waals surface area contributed by atoms with Crippen LogP contribution in [0.2, 0.25) is 0 Å². The van der Waals surface area contributed by atoms with Crippen LogP contribution < -0.4 is 16.0 Å². The van der Waals surface area contributed by atoms with E-state index in [2.05, 4.69) is 26.3 Å². The van der Waals surface area contributed by atoms with Crippen LogP contribution in [0.4, 0.5) is 0 Å². The summed E-state index contributed by atoms with van der Waals surface area (Å²) in [6.07, 6.45) is 3.28. The van der Waals surface area contributed by atoms with Crippen LogP contribution in [0.25, 0.3) is 0 Å². The van der Waals surface area contributed by atoms with Crippen molar-refractivity contribution in [2.75, 3.05) is 0 Å². The van der Waals surface area contributed by atoms with E-state index in [-0.39, 0.29) is 5.91 Å². The molecule has 0 radical (unpaired) electrons. The van der Waals surface area contributed by atoms with Gasteiger partial charge in [0.25, 0.3) is 5.91 Å². The van der Waals surface area contributed by atoms with E-state index in [1.807, 2.05) is 17.5 Å². The number of amides is 1. The molecule has 1 amide bonds. The topological polar surface area (TPSA) is 77.2 Å². The van der Waals surface area contributed by atoms with Crippen molar-refractivity contribution in [3.8, 4) is 5.75 Å². The van der Waals surface area contributed by atoms with Crippen molar-refractivity contribution in [2.45, 2.75) is 6.61 Å². The predicted octanol–water partition coefficient (Wildman–Crippen LogP) is 2.09. The fourth-order valence-corrected chi connectivity index (χ4v) is 2.50. The first-order valence-corrected chi connectivity index (χ1v) is 6.68. The Morgan fingerprint density at radius 3 is 3.11 bits per heavy atom. The Morgan fingerprint density at radius 2 is 2.39 bits per heavy atom. The number of hydrogen-bond acceptors (Lipinski definition) is 5. The summed E-state index contributed by atoms with van der Waals surface area (Å²) >= 11 is 4.63. The number of rotatable bonds is 4. The number of pyridine rings is 1. The van der Waals surface area contributed by atoms with Crippen LogP contribution in [-0.2, 0) is 6.61 Å². The van der Waals surface area contributed by atoms with Crippen LogP contribution in [0, 0.1) is 0 Å². The van der Waals surface area contributed by atoms with Gasteiger partial charge in [0.1, 0.15) is 12.4 Å². The first-order valence-electron chi connectivity index (χ1n) is 5.01. The molecule has 7 heteroatoms. The van der Waals surface area contributed by atoms with Crippen LogP contribution in [-0.4, -0.2) is 10.9 Å². The number of thiophene rings is 1. The zero-order valence-corrected chi connectivity index (χ0v) is 11.6. The Balaban J connectivity index is 2.07. The molecule has 5 nitrogen and oxygen atoms in total. The van der Waals surface area contributed by atoms with Crippen molar-refractivity contribution in [3.63, 3.8) is 0 Å². The van der Waals surface area contributed by atoms with Gasteiger partial charge in [0.05, 0.1) is 11.1 Å². The Morgan fingerprint density at radius 1 is 1.56 bits per heavy atom. The van der Waals surface area contributed by atoms with E-state index in [0.29, 0.717) is 17.2 Å². The largest absolute Gasteiger partial charge is 0.487 e. The Hall–Kier alpha value is -1.44. The molecule has 0 aliphatic carbocycles. The summed E-state index contributed by atoms with van der Waals surface area (Å²) in [5.74, 6) is 5.43. The molecule has 94 valence electrons. The molecule has 0 saturated carbocycles. The van der Waals surface area contributed by atoms with Crippen LogP contribution in [0.1, 0.15) is 15.2 Å². The summed E-state index contributed by atoms with van der Waals surface area (Å²) in [4.78, 5) is 16.0. The predicted molar refractivity (Wildman–Crippen MR) is 72.2 cm³/mol. The molecule has 0 bridgehead atoms. The van der Waals surface area contributed by atoms with Crippen LogP contribution in [0.3, 0.4) is 0 Å². The second kappa shape index (κ2) is 5.94. The number of carbonyl (C=O) groups is 1. The van der Waals surface area contributed by atoms with Gasteiger partial charge >= 0.3 is 0 Å². The second-order valence-corrected chi connectivity index (χ2v) is 5.21. The van der Waals surface area contributed by atoms with E-state index in [9.17, 15) is 4.79 Å². The Kier molecular flexibility index (Phi) is 4.29. The van der Waals surface area contributed by atoms with Crippen molar-refractivity contribution in [3.05, 3.63) is 44.8 Å². The van der Waals surface area contributed by atoms with Gasteiger partial charge < -0.3 is 4.74 Å². The number of ether oxygens (including phenoxy) is 1. The highest BCUT2D eigenvalue weighted by atomic mass is 79.9. The van der Waals surface area contributed by atoms with Gasteiger partial charge in [-0.3, -0.25) is 15.2 Å². The molecule has 2 aromatic rings. The monoisotopic (exact) mass is 327 g/mol. The number of nitrogens with one attached hydrogen (secondary N) is 1. The molecule has 0 fully saturated rings. The number of nitrogens with zero attached hydrogens (tertiary/aromatic N) is 1. The molecule has 18 heavy (non-hydrogen) atoms. The van der Waals surface area contributed by atoms with Gasteiger partial charge in [-0.25, -0.2) is 5.84 Å². The molecular weight excluding hydrogens is 318 g/mol. The van der Waals surface area contributed by atoms with E-state index in [0.717, 1.165) is 10.0 Å². The molecule has 0 atom stereocenters. The molecule has 2 rings (SSSR count). The number of halogens is 1. The van der Waals surface area contributed by atoms with E-state index < -0.39 is 0 Å². The molecular formula is C11H10BrN3O2S. The summed E-state index contributed by atoms with van der Waals surface area (Å²) in [6.45, 7) is 0.296. The van der Waals surface area contributed by atoms with Crippen molar-refractivity contribution in [1.82, 2.24) is 10.4 Å². The van der Waals surface area contributed by atoms with E-state index in [4.69, 9.17) is 10.6 Å². The lowest BCUT2D eigenvalue weighted by Gasteiger charge is -2.06. The second-order valence-electron chi connectivity index (χ2n) is 3.38. The van der Waals surface area contributed by atoms with Gasteiger partial charge in [0.15, 0.2) is 0 Å². The van der Waals surface area contributed by atoms with Crippen LogP contribution >= 0.6 is 27.3 Å². The number of nitrogen functional groups attached to an aromatic ring is 1. The van der Waals surface area contributed by atoms with Crippen molar-refractivity contribution >= 4 is 33.2 Å². The number of nitrogens with two attached hydrogens (primary N) is 1. The van der Waals surface area contributed by atoms with Crippen molar-refractivity contribution < 1.29 is 9.53 Å². The standard InChI is InChI=1S/C11H10BrN3O2S/c12-8-3-9(5-14-4-8)17-6-7-1-2-18-10(7)11(16)15-13/h1-5H,6,13H2,(H,15,16). The third kappa shape index (κ3) is 3.06. The first-order chi connectivity index (χ1) is 8.70. The zero-order valence-electron chi connectivity index (χ0n) is 9.22. The lowest BCUT2D eigenvalue weighted by molar-refractivity contribution is 0.0955. The maximum Gasteiger partial charge on any atom is 0.275 e. The van der Waals surface area contributed by atoms with E-state index in [1.54, 1.807) is 12.4 Å². The molecule has 0 aliphatic rings. The number of hydrazine groups is 1. The first kappa shape index (κ1) is 13.0. The average molecular weight is 328 g/mol. The molecule has 3 N–H and O–H groups in total. The maximum absolute atomic E-state index is 11.5. The number of carbonyl (C=O) groups excluding carboxylic acids is 1. The molecule has 0 spiro atoms. The number of aromatic nitrogens is 1. The van der Waals surface area contributed by atoms with Gasteiger partial charge in [-0.15, -0.1) is 11.3 Å². The Labute approximate surface area is 116 Å². The fourth-order valence-electron chi connectivity index (χ4n) is 1.35. The molecule has 2 heterocycles. The average Bonchev–Trinajstić information content (AvgIpc) is 2.84.